The summed E-state index contributed by atoms with van der Waals surface area (Å²) in [5.41, 5.74) is 8.39. The molecule has 0 aliphatic carbocycles. The molecule has 0 unspecified atom stereocenters. The molecule has 2 aromatic heterocycles. The Morgan fingerprint density at radius 2 is 0.804 bits per heavy atom. The highest BCUT2D eigenvalue weighted by Crippen LogP contribution is 2.29. The standard InChI is InChI=1S/2C15H15N5.8C2H6/c1-11-7-9-12(10-8-11)16-14-6-4-3-5-13(14)15-17-18-19-20(15)2;1-11-7-9-12(10-8-11)16-14-6-4-3-5-13(14)15-17-19-20(2)18-15;8*1-2/h2*3-10,16H,1-2H3;8*1-2H3. The van der Waals surface area contributed by atoms with Gasteiger partial charge in [-0.05, 0) is 78.0 Å². The monoisotopic (exact) mass is 771 g/mol. The fourth-order valence-corrected chi connectivity index (χ4v) is 4.01. The van der Waals surface area contributed by atoms with Crippen molar-refractivity contribution in [2.24, 2.45) is 14.1 Å². The van der Waals surface area contributed by atoms with Gasteiger partial charge in [0.2, 0.25) is 5.82 Å². The summed E-state index contributed by atoms with van der Waals surface area (Å²) in [6.07, 6.45) is 0. The number of anilines is 4. The van der Waals surface area contributed by atoms with Gasteiger partial charge in [0, 0.05) is 40.9 Å². The van der Waals surface area contributed by atoms with Crippen molar-refractivity contribution in [3.8, 4) is 22.8 Å². The highest BCUT2D eigenvalue weighted by Gasteiger charge is 2.11. The van der Waals surface area contributed by atoms with Crippen molar-refractivity contribution in [2.75, 3.05) is 10.6 Å². The molecule has 0 aliphatic heterocycles. The van der Waals surface area contributed by atoms with E-state index in [9.17, 15) is 0 Å². The first-order valence-corrected chi connectivity index (χ1v) is 20.8. The lowest BCUT2D eigenvalue weighted by Gasteiger charge is -2.11. The van der Waals surface area contributed by atoms with E-state index in [0.717, 1.165) is 39.7 Å². The third-order valence-electron chi connectivity index (χ3n) is 6.13. The first-order chi connectivity index (χ1) is 27.5. The maximum atomic E-state index is 4.25. The lowest BCUT2D eigenvalue weighted by Crippen LogP contribution is -1.98. The number of aromatic nitrogens is 8. The minimum atomic E-state index is 0.614. The van der Waals surface area contributed by atoms with Crippen molar-refractivity contribution in [1.29, 1.82) is 0 Å². The Morgan fingerprint density at radius 3 is 1.16 bits per heavy atom. The lowest BCUT2D eigenvalue weighted by atomic mass is 10.1. The molecule has 312 valence electrons. The number of aryl methyl sites for hydroxylation is 4. The van der Waals surface area contributed by atoms with Crippen molar-refractivity contribution in [2.45, 2.75) is 125 Å². The lowest BCUT2D eigenvalue weighted by molar-refractivity contribution is 0.630. The van der Waals surface area contributed by atoms with Crippen molar-refractivity contribution in [3.05, 3.63) is 108 Å². The van der Waals surface area contributed by atoms with E-state index < -0.39 is 0 Å². The van der Waals surface area contributed by atoms with Crippen molar-refractivity contribution in [1.82, 2.24) is 40.4 Å². The molecule has 0 fully saturated rings. The molecule has 2 heterocycles. The maximum absolute atomic E-state index is 4.25. The van der Waals surface area contributed by atoms with Crippen LogP contribution in [0.1, 0.15) is 122 Å². The average molecular weight is 771 g/mol. The highest BCUT2D eigenvalue weighted by atomic mass is 15.6. The Bertz CT molecular complexity index is 1690. The quantitative estimate of drug-likeness (QED) is 0.172. The molecule has 0 spiro atoms. The molecule has 10 heteroatoms. The molecule has 10 nitrogen and oxygen atoms in total. The Labute approximate surface area is 342 Å². The number of rotatable bonds is 6. The van der Waals surface area contributed by atoms with Crippen LogP contribution in [-0.2, 0) is 14.1 Å². The zero-order valence-electron chi connectivity index (χ0n) is 38.8. The summed E-state index contributed by atoms with van der Waals surface area (Å²) >= 11 is 0. The molecular weight excluding hydrogens is 693 g/mol. The Morgan fingerprint density at radius 1 is 0.429 bits per heavy atom. The van der Waals surface area contributed by atoms with Crippen molar-refractivity contribution >= 4 is 22.7 Å². The molecule has 0 bridgehead atoms. The van der Waals surface area contributed by atoms with E-state index in [1.165, 1.54) is 15.9 Å². The van der Waals surface area contributed by atoms with E-state index in [1.807, 2.05) is 166 Å². The molecule has 4 aromatic carbocycles. The normalized spacial score (nSPS) is 8.36. The number of tetrazole rings is 2. The summed E-state index contributed by atoms with van der Waals surface area (Å²) < 4.78 is 1.66. The van der Waals surface area contributed by atoms with Crippen LogP contribution in [0.4, 0.5) is 22.7 Å². The summed E-state index contributed by atoms with van der Waals surface area (Å²) in [6.45, 7) is 36.1. The third-order valence-corrected chi connectivity index (χ3v) is 6.13. The van der Waals surface area contributed by atoms with Crippen molar-refractivity contribution < 1.29 is 0 Å². The molecule has 2 N–H and O–H groups in total. The van der Waals surface area contributed by atoms with Gasteiger partial charge in [0.15, 0.2) is 5.82 Å². The first-order valence-electron chi connectivity index (χ1n) is 20.8. The van der Waals surface area contributed by atoms with Crippen LogP contribution in [0.25, 0.3) is 22.8 Å². The average Bonchev–Trinajstić information content (AvgIpc) is 3.93. The predicted octanol–water partition coefficient (Wildman–Crippen LogP) is 14.1. The van der Waals surface area contributed by atoms with Gasteiger partial charge in [0.1, 0.15) is 0 Å². The van der Waals surface area contributed by atoms with Crippen LogP contribution in [0.2, 0.25) is 0 Å². The second kappa shape index (κ2) is 39.3. The molecule has 56 heavy (non-hydrogen) atoms. The van der Waals surface area contributed by atoms with E-state index >= 15 is 0 Å². The van der Waals surface area contributed by atoms with E-state index in [1.54, 1.807) is 11.7 Å². The minimum Gasteiger partial charge on any atom is -0.355 e. The van der Waals surface area contributed by atoms with Crippen LogP contribution in [-0.4, -0.2) is 40.4 Å². The molecule has 0 aliphatic rings. The number of hydrogen-bond donors (Lipinski definition) is 2. The number of nitrogens with zero attached hydrogens (tertiary/aromatic N) is 8. The van der Waals surface area contributed by atoms with Gasteiger partial charge in [0.25, 0.3) is 0 Å². The zero-order chi connectivity index (χ0) is 43.9. The fourth-order valence-electron chi connectivity index (χ4n) is 4.01. The predicted molar refractivity (Wildman–Crippen MR) is 248 cm³/mol. The number of benzene rings is 4. The second-order valence-electron chi connectivity index (χ2n) is 9.30. The number of para-hydroxylation sites is 2. The van der Waals surface area contributed by atoms with E-state index in [4.69, 9.17) is 0 Å². The molecule has 0 atom stereocenters. The first kappa shape index (κ1) is 57.3. The summed E-state index contributed by atoms with van der Waals surface area (Å²) in [5, 5.41) is 30.6. The van der Waals surface area contributed by atoms with Gasteiger partial charge in [-0.15, -0.1) is 15.3 Å². The molecular formula is C46H78N10. The minimum absolute atomic E-state index is 0.614. The van der Waals surface area contributed by atoms with Crippen LogP contribution in [0, 0.1) is 13.8 Å². The SMILES string of the molecule is CC.CC.CC.CC.CC.CC.CC.CC.Cc1ccc(Nc2ccccc2-c2nnn(C)n2)cc1.Cc1ccc(Nc2ccccc2-c2nnnn2C)cc1. The van der Waals surface area contributed by atoms with E-state index in [-0.39, 0.29) is 0 Å². The van der Waals surface area contributed by atoms with Gasteiger partial charge in [-0.2, -0.15) is 4.80 Å². The Hall–Kier alpha value is -5.38. The molecule has 0 radical (unpaired) electrons. The van der Waals surface area contributed by atoms with E-state index in [2.05, 4.69) is 104 Å². The molecule has 6 aromatic rings. The van der Waals surface area contributed by atoms with Crippen LogP contribution in [0.15, 0.2) is 97.1 Å². The molecule has 0 amide bonds. The summed E-state index contributed by atoms with van der Waals surface area (Å²) in [5.74, 6) is 1.35. The van der Waals surface area contributed by atoms with Crippen LogP contribution in [0.5, 0.6) is 0 Å². The largest absolute Gasteiger partial charge is 0.355 e. The van der Waals surface area contributed by atoms with Gasteiger partial charge >= 0.3 is 0 Å². The van der Waals surface area contributed by atoms with Crippen LogP contribution < -0.4 is 10.6 Å². The van der Waals surface area contributed by atoms with Gasteiger partial charge in [-0.3, -0.25) is 0 Å². The fraction of sp³-hybridized carbons (Fsp3) is 0.435. The summed E-state index contributed by atoms with van der Waals surface area (Å²) in [6, 6.07) is 32.4. The second-order valence-corrected chi connectivity index (χ2v) is 9.30. The molecule has 0 saturated carbocycles. The highest BCUT2D eigenvalue weighted by molar-refractivity contribution is 5.78. The third kappa shape index (κ3) is 21.5. The van der Waals surface area contributed by atoms with Gasteiger partial charge in [-0.25, -0.2) is 4.68 Å². The maximum Gasteiger partial charge on any atom is 0.206 e. The Kier molecular flexibility index (Phi) is 40.3. The number of nitrogens with one attached hydrogen (secondary N) is 2. The van der Waals surface area contributed by atoms with Gasteiger partial charge < -0.3 is 10.6 Å². The van der Waals surface area contributed by atoms with Crippen LogP contribution in [0.3, 0.4) is 0 Å². The molecule has 6 rings (SSSR count). The number of hydrogen-bond acceptors (Lipinski definition) is 8. The van der Waals surface area contributed by atoms with Gasteiger partial charge in [-0.1, -0.05) is 170 Å². The van der Waals surface area contributed by atoms with E-state index in [0.29, 0.717) is 5.82 Å². The smallest absolute Gasteiger partial charge is 0.206 e. The summed E-state index contributed by atoms with van der Waals surface area (Å²) in [7, 11) is 3.59. The van der Waals surface area contributed by atoms with Crippen molar-refractivity contribution in [3.63, 3.8) is 0 Å². The molecule has 0 saturated heterocycles. The van der Waals surface area contributed by atoms with Gasteiger partial charge in [0.05, 0.1) is 7.05 Å². The van der Waals surface area contributed by atoms with Crippen LogP contribution >= 0.6 is 0 Å². The Balaban J connectivity index is -0.000000356. The zero-order valence-corrected chi connectivity index (χ0v) is 38.8. The topological polar surface area (TPSA) is 111 Å². The summed E-state index contributed by atoms with van der Waals surface area (Å²) in [4.78, 5) is 1.46.